The maximum Gasteiger partial charge on any atom is 0.266 e. The summed E-state index contributed by atoms with van der Waals surface area (Å²) >= 11 is 12.9. The molecule has 0 bridgehead atoms. The molecular weight excluding hydrogens is 426 g/mol. The van der Waals surface area contributed by atoms with E-state index in [0.29, 0.717) is 38.9 Å². The van der Waals surface area contributed by atoms with Crippen molar-refractivity contribution in [1.82, 2.24) is 4.90 Å². The van der Waals surface area contributed by atoms with Crippen LogP contribution in [0.15, 0.2) is 47.4 Å². The summed E-state index contributed by atoms with van der Waals surface area (Å²) in [5, 5.41) is 0.660. The number of amides is 1. The zero-order chi connectivity index (χ0) is 20.8. The lowest BCUT2D eigenvalue weighted by Gasteiger charge is -2.13. The van der Waals surface area contributed by atoms with E-state index < -0.39 is 0 Å². The number of hydrogen-bond acceptors (Lipinski definition) is 5. The third kappa shape index (κ3) is 5.32. The second-order valence-electron chi connectivity index (χ2n) is 6.48. The van der Waals surface area contributed by atoms with Gasteiger partial charge >= 0.3 is 0 Å². The maximum absolute atomic E-state index is 12.6. The Hall–Kier alpha value is -2.02. The molecule has 1 aliphatic rings. The van der Waals surface area contributed by atoms with Crippen molar-refractivity contribution < 1.29 is 14.3 Å². The summed E-state index contributed by atoms with van der Waals surface area (Å²) in [7, 11) is 1.59. The number of halogens is 1. The van der Waals surface area contributed by atoms with Crippen molar-refractivity contribution in [3.8, 4) is 11.5 Å². The molecule has 152 valence electrons. The summed E-state index contributed by atoms with van der Waals surface area (Å²) in [5.74, 6) is 1.17. The highest BCUT2D eigenvalue weighted by atomic mass is 35.5. The summed E-state index contributed by atoms with van der Waals surface area (Å²) in [5.41, 5.74) is 1.75. The van der Waals surface area contributed by atoms with Crippen molar-refractivity contribution in [2.45, 2.75) is 26.4 Å². The second kappa shape index (κ2) is 10.1. The number of methoxy groups -OCH3 is 1. The Morgan fingerprint density at radius 2 is 2.00 bits per heavy atom. The minimum atomic E-state index is -0.0357. The predicted molar refractivity (Wildman–Crippen MR) is 124 cm³/mol. The number of hydrogen-bond donors (Lipinski definition) is 0. The Morgan fingerprint density at radius 3 is 2.72 bits per heavy atom. The lowest BCUT2D eigenvalue weighted by molar-refractivity contribution is -0.122. The predicted octanol–water partition coefficient (Wildman–Crippen LogP) is 5.93. The molecule has 1 amide bonds. The van der Waals surface area contributed by atoms with Crippen molar-refractivity contribution >= 4 is 51.9 Å². The maximum atomic E-state index is 12.6. The number of ether oxygens (including phenoxy) is 2. The number of benzene rings is 2. The van der Waals surface area contributed by atoms with Gasteiger partial charge in [0.1, 0.15) is 10.9 Å². The standard InChI is InChI=1S/C22H22ClNO3S2/c1-3-4-11-24-21(25)20(29-22(24)28)13-15-9-10-18(19(12-15)26-2)27-14-16-7-5-6-8-17(16)23/h5-10,12-13H,3-4,11,14H2,1-2H3. The Balaban J connectivity index is 1.75. The van der Waals surface area contributed by atoms with E-state index in [4.69, 9.17) is 33.3 Å². The topological polar surface area (TPSA) is 38.8 Å². The SMILES string of the molecule is CCCCN1C(=O)C(=Cc2ccc(OCc3ccccc3Cl)c(OC)c2)SC1=S. The molecule has 0 unspecified atom stereocenters. The van der Waals surface area contributed by atoms with Gasteiger partial charge in [-0.05, 0) is 36.3 Å². The van der Waals surface area contributed by atoms with E-state index in [1.54, 1.807) is 12.0 Å². The van der Waals surface area contributed by atoms with Gasteiger partial charge < -0.3 is 9.47 Å². The third-order valence-corrected chi connectivity index (χ3v) is 6.18. The summed E-state index contributed by atoms with van der Waals surface area (Å²) in [4.78, 5) is 14.9. The minimum Gasteiger partial charge on any atom is -0.493 e. The molecule has 0 saturated carbocycles. The molecule has 1 saturated heterocycles. The van der Waals surface area contributed by atoms with Crippen molar-refractivity contribution in [3.63, 3.8) is 0 Å². The second-order valence-corrected chi connectivity index (χ2v) is 8.56. The minimum absolute atomic E-state index is 0.0357. The van der Waals surface area contributed by atoms with Crippen LogP contribution in [-0.4, -0.2) is 28.8 Å². The van der Waals surface area contributed by atoms with Gasteiger partial charge in [-0.1, -0.05) is 73.2 Å². The first-order chi connectivity index (χ1) is 14.0. The zero-order valence-corrected chi connectivity index (χ0v) is 18.7. The molecule has 1 aliphatic heterocycles. The highest BCUT2D eigenvalue weighted by Gasteiger charge is 2.31. The van der Waals surface area contributed by atoms with Crippen LogP contribution < -0.4 is 9.47 Å². The van der Waals surface area contributed by atoms with Crippen molar-refractivity contribution in [3.05, 3.63) is 63.5 Å². The zero-order valence-electron chi connectivity index (χ0n) is 16.3. The van der Waals surface area contributed by atoms with Crippen LogP contribution in [0.5, 0.6) is 11.5 Å². The average molecular weight is 448 g/mol. The van der Waals surface area contributed by atoms with Crippen LogP contribution in [0.3, 0.4) is 0 Å². The van der Waals surface area contributed by atoms with E-state index in [1.165, 1.54) is 11.8 Å². The molecule has 3 rings (SSSR count). The molecule has 0 N–H and O–H groups in total. The van der Waals surface area contributed by atoms with Crippen LogP contribution in [0.1, 0.15) is 30.9 Å². The number of unbranched alkanes of at least 4 members (excludes halogenated alkanes) is 1. The third-order valence-electron chi connectivity index (χ3n) is 4.44. The van der Waals surface area contributed by atoms with Gasteiger partial charge in [0.2, 0.25) is 0 Å². The average Bonchev–Trinajstić information content (AvgIpc) is 2.99. The molecular formula is C22H22ClNO3S2. The largest absolute Gasteiger partial charge is 0.493 e. The fourth-order valence-electron chi connectivity index (χ4n) is 2.82. The van der Waals surface area contributed by atoms with Crippen LogP contribution in [-0.2, 0) is 11.4 Å². The summed E-state index contributed by atoms with van der Waals surface area (Å²) in [6.45, 7) is 3.09. The Labute approximate surface area is 185 Å². The molecule has 29 heavy (non-hydrogen) atoms. The van der Waals surface area contributed by atoms with Crippen LogP contribution >= 0.6 is 35.6 Å². The number of carbonyl (C=O) groups excluding carboxylic acids is 1. The van der Waals surface area contributed by atoms with E-state index in [9.17, 15) is 4.79 Å². The number of thioether (sulfide) groups is 1. The van der Waals surface area contributed by atoms with Crippen molar-refractivity contribution in [2.24, 2.45) is 0 Å². The molecule has 2 aromatic rings. The number of nitrogens with zero attached hydrogens (tertiary/aromatic N) is 1. The summed E-state index contributed by atoms with van der Waals surface area (Å²) < 4.78 is 12.0. The van der Waals surface area contributed by atoms with Crippen LogP contribution in [0.4, 0.5) is 0 Å². The van der Waals surface area contributed by atoms with Gasteiger partial charge in [0.15, 0.2) is 11.5 Å². The lowest BCUT2D eigenvalue weighted by Crippen LogP contribution is -2.28. The Kier molecular flexibility index (Phi) is 7.58. The molecule has 4 nitrogen and oxygen atoms in total. The van der Waals surface area contributed by atoms with Crippen molar-refractivity contribution in [1.29, 1.82) is 0 Å². The molecule has 1 heterocycles. The highest BCUT2D eigenvalue weighted by Crippen LogP contribution is 2.35. The number of thiocarbonyl (C=S) groups is 1. The first-order valence-corrected chi connectivity index (χ1v) is 10.9. The van der Waals surface area contributed by atoms with Crippen LogP contribution in [0.25, 0.3) is 6.08 Å². The molecule has 0 aliphatic carbocycles. The molecule has 0 radical (unpaired) electrons. The van der Waals surface area contributed by atoms with Gasteiger partial charge in [0.05, 0.1) is 12.0 Å². The molecule has 7 heteroatoms. The van der Waals surface area contributed by atoms with E-state index in [1.807, 2.05) is 48.5 Å². The van der Waals surface area contributed by atoms with Gasteiger partial charge in [-0.2, -0.15) is 0 Å². The van der Waals surface area contributed by atoms with Gasteiger partial charge in [-0.3, -0.25) is 9.69 Å². The Morgan fingerprint density at radius 1 is 1.21 bits per heavy atom. The van der Waals surface area contributed by atoms with E-state index in [2.05, 4.69) is 6.92 Å². The molecule has 0 aromatic heterocycles. The molecule has 2 aromatic carbocycles. The fourth-order valence-corrected chi connectivity index (χ4v) is 4.32. The number of carbonyl (C=O) groups is 1. The van der Waals surface area contributed by atoms with Gasteiger partial charge in [-0.25, -0.2) is 0 Å². The Bertz CT molecular complexity index is 945. The van der Waals surface area contributed by atoms with Crippen molar-refractivity contribution in [2.75, 3.05) is 13.7 Å². The quantitative estimate of drug-likeness (QED) is 0.370. The van der Waals surface area contributed by atoms with Gasteiger partial charge in [-0.15, -0.1) is 0 Å². The van der Waals surface area contributed by atoms with Gasteiger partial charge in [0.25, 0.3) is 5.91 Å². The first-order valence-electron chi connectivity index (χ1n) is 9.33. The normalized spacial score (nSPS) is 15.3. The molecule has 0 atom stereocenters. The van der Waals surface area contributed by atoms with E-state index in [0.717, 1.165) is 24.0 Å². The van der Waals surface area contributed by atoms with E-state index >= 15 is 0 Å². The van der Waals surface area contributed by atoms with E-state index in [-0.39, 0.29) is 5.91 Å². The smallest absolute Gasteiger partial charge is 0.266 e. The number of rotatable bonds is 8. The first kappa shape index (κ1) is 21.7. The van der Waals surface area contributed by atoms with Gasteiger partial charge in [0, 0.05) is 17.1 Å². The monoisotopic (exact) mass is 447 g/mol. The molecule has 1 fully saturated rings. The summed E-state index contributed by atoms with van der Waals surface area (Å²) in [6.07, 6.45) is 3.79. The summed E-state index contributed by atoms with van der Waals surface area (Å²) in [6, 6.07) is 13.1. The molecule has 0 spiro atoms. The van der Waals surface area contributed by atoms with Crippen LogP contribution in [0, 0.1) is 0 Å². The highest BCUT2D eigenvalue weighted by molar-refractivity contribution is 8.26. The fraction of sp³-hybridized carbons (Fsp3) is 0.273. The van der Waals surface area contributed by atoms with Crippen LogP contribution in [0.2, 0.25) is 5.02 Å². The lowest BCUT2D eigenvalue weighted by atomic mass is 10.1.